The van der Waals surface area contributed by atoms with Gasteiger partial charge in [-0.05, 0) is 6.42 Å². The van der Waals surface area contributed by atoms with E-state index >= 15 is 0 Å². The second-order valence-corrected chi connectivity index (χ2v) is 4.57. The second kappa shape index (κ2) is 5.26. The number of hydrogen-bond donors (Lipinski definition) is 0. The summed E-state index contributed by atoms with van der Waals surface area (Å²) in [6.45, 7) is 1.05. The average molecular weight is 282 g/mol. The van der Waals surface area contributed by atoms with Gasteiger partial charge in [0.25, 0.3) is 5.56 Å². The number of fused-ring (bicyclic) bond motifs is 1. The van der Waals surface area contributed by atoms with E-state index in [0.29, 0.717) is 19.6 Å². The maximum atomic E-state index is 13.3. The summed E-state index contributed by atoms with van der Waals surface area (Å²) in [7, 11) is 0. The van der Waals surface area contributed by atoms with Crippen LogP contribution in [0.4, 0.5) is 8.78 Å². The van der Waals surface area contributed by atoms with Gasteiger partial charge in [-0.25, -0.2) is 13.8 Å². The summed E-state index contributed by atoms with van der Waals surface area (Å²) < 4.78 is 38.2. The van der Waals surface area contributed by atoms with Gasteiger partial charge in [0, 0.05) is 18.7 Å². The van der Waals surface area contributed by atoms with Crippen molar-refractivity contribution >= 4 is 11.0 Å². The van der Waals surface area contributed by atoms with Gasteiger partial charge in [0.05, 0.1) is 29.9 Å². The zero-order chi connectivity index (χ0) is 14.1. The number of rotatable bonds is 3. The molecular weight excluding hydrogens is 270 g/mol. The van der Waals surface area contributed by atoms with Crippen LogP contribution in [0.25, 0.3) is 11.0 Å². The number of hydrogen-bond acceptors (Lipinski definition) is 4. The van der Waals surface area contributed by atoms with Gasteiger partial charge in [-0.2, -0.15) is 0 Å². The molecule has 1 fully saturated rings. The molecule has 0 radical (unpaired) electrons. The van der Waals surface area contributed by atoms with Crippen molar-refractivity contribution in [2.24, 2.45) is 0 Å². The number of benzene rings is 1. The molecule has 0 aliphatic carbocycles. The first kappa shape index (κ1) is 13.1. The number of aromatic nitrogens is 2. The third kappa shape index (κ3) is 2.41. The fourth-order valence-corrected chi connectivity index (χ4v) is 2.20. The van der Waals surface area contributed by atoms with Crippen molar-refractivity contribution in [3.63, 3.8) is 0 Å². The van der Waals surface area contributed by atoms with Crippen molar-refractivity contribution in [2.45, 2.75) is 19.1 Å². The van der Waals surface area contributed by atoms with Crippen molar-refractivity contribution in [2.75, 3.05) is 13.4 Å². The van der Waals surface area contributed by atoms with Gasteiger partial charge >= 0.3 is 0 Å². The maximum Gasteiger partial charge on any atom is 0.269 e. The van der Waals surface area contributed by atoms with E-state index in [9.17, 15) is 13.6 Å². The molecule has 0 saturated carbocycles. The Kier molecular flexibility index (Phi) is 3.45. The summed E-state index contributed by atoms with van der Waals surface area (Å²) in [5.74, 6) is -1.98. The molecule has 1 aromatic carbocycles. The van der Waals surface area contributed by atoms with Gasteiger partial charge < -0.3 is 14.0 Å². The van der Waals surface area contributed by atoms with Crippen molar-refractivity contribution < 1.29 is 18.3 Å². The Bertz CT molecular complexity index is 696. The minimum Gasteiger partial charge on any atom is -0.353 e. The molecular formula is C13H12F2N2O3. The first-order chi connectivity index (χ1) is 9.65. The van der Waals surface area contributed by atoms with Crippen molar-refractivity contribution in [1.82, 2.24) is 9.55 Å². The van der Waals surface area contributed by atoms with Crippen LogP contribution in [0.3, 0.4) is 0 Å². The highest BCUT2D eigenvalue weighted by molar-refractivity contribution is 5.74. The van der Waals surface area contributed by atoms with E-state index in [1.807, 2.05) is 0 Å². The Labute approximate surface area is 112 Å². The van der Waals surface area contributed by atoms with E-state index in [1.165, 1.54) is 4.57 Å². The van der Waals surface area contributed by atoms with Gasteiger partial charge in [0.2, 0.25) is 0 Å². The van der Waals surface area contributed by atoms with Crippen LogP contribution in [0.5, 0.6) is 0 Å². The lowest BCUT2D eigenvalue weighted by Crippen LogP contribution is -2.23. The minimum absolute atomic E-state index is 0.0876. The monoisotopic (exact) mass is 282 g/mol. The molecule has 1 atom stereocenters. The number of halogens is 2. The molecule has 20 heavy (non-hydrogen) atoms. The molecule has 0 bridgehead atoms. The molecule has 1 unspecified atom stereocenters. The smallest absolute Gasteiger partial charge is 0.269 e. The third-order valence-electron chi connectivity index (χ3n) is 3.25. The number of nitrogens with zero attached hydrogens (tertiary/aromatic N) is 2. The maximum absolute atomic E-state index is 13.3. The predicted octanol–water partition coefficient (Wildman–Crippen LogP) is 1.44. The molecule has 106 valence electrons. The molecule has 1 saturated heterocycles. The summed E-state index contributed by atoms with van der Waals surface area (Å²) in [5, 5.41) is 0. The standard InChI is InChI=1S/C13H12F2N2O3/c14-9-3-11-12(4-10(9)15)17(13(18)5-16-11)2-1-8-6-19-7-20-8/h3-5,8H,1-2,6-7H2. The largest absolute Gasteiger partial charge is 0.353 e. The van der Waals surface area contributed by atoms with Crippen LogP contribution in [0.2, 0.25) is 0 Å². The van der Waals surface area contributed by atoms with Gasteiger partial charge in [0.1, 0.15) is 6.79 Å². The van der Waals surface area contributed by atoms with E-state index in [1.54, 1.807) is 0 Å². The van der Waals surface area contributed by atoms with E-state index < -0.39 is 11.6 Å². The van der Waals surface area contributed by atoms with Crippen LogP contribution >= 0.6 is 0 Å². The topological polar surface area (TPSA) is 53.4 Å². The molecule has 2 aromatic rings. The first-order valence-electron chi connectivity index (χ1n) is 6.19. The molecule has 0 spiro atoms. The quantitative estimate of drug-likeness (QED) is 0.854. The van der Waals surface area contributed by atoms with Crippen LogP contribution in [-0.4, -0.2) is 29.1 Å². The summed E-state index contributed by atoms with van der Waals surface area (Å²) in [6.07, 6.45) is 1.57. The average Bonchev–Trinajstić information content (AvgIpc) is 2.93. The molecule has 1 aromatic heterocycles. The molecule has 1 aliphatic rings. The molecule has 3 rings (SSSR count). The summed E-state index contributed by atoms with van der Waals surface area (Å²) >= 11 is 0. The lowest BCUT2D eigenvalue weighted by atomic mass is 10.2. The Morgan fingerprint density at radius 1 is 1.35 bits per heavy atom. The number of aryl methyl sites for hydroxylation is 1. The van der Waals surface area contributed by atoms with Gasteiger partial charge in [0.15, 0.2) is 11.6 Å². The highest BCUT2D eigenvalue weighted by Crippen LogP contribution is 2.16. The Morgan fingerprint density at radius 3 is 2.90 bits per heavy atom. The molecule has 0 N–H and O–H groups in total. The van der Waals surface area contributed by atoms with E-state index in [-0.39, 0.29) is 29.5 Å². The first-order valence-corrected chi connectivity index (χ1v) is 6.19. The SMILES string of the molecule is O=c1cnc2cc(F)c(F)cc2n1CCC1COCO1. The lowest BCUT2D eigenvalue weighted by molar-refractivity contribution is 0.0436. The van der Waals surface area contributed by atoms with Gasteiger partial charge in [-0.3, -0.25) is 4.79 Å². The van der Waals surface area contributed by atoms with Crippen LogP contribution in [0.15, 0.2) is 23.1 Å². The third-order valence-corrected chi connectivity index (χ3v) is 3.25. The Morgan fingerprint density at radius 2 is 2.15 bits per heavy atom. The predicted molar refractivity (Wildman–Crippen MR) is 66.2 cm³/mol. The Hall–Kier alpha value is -1.86. The van der Waals surface area contributed by atoms with Crippen LogP contribution in [-0.2, 0) is 16.0 Å². The second-order valence-electron chi connectivity index (χ2n) is 4.57. The summed E-state index contributed by atoms with van der Waals surface area (Å²) in [6, 6.07) is 1.97. The zero-order valence-corrected chi connectivity index (χ0v) is 10.5. The lowest BCUT2D eigenvalue weighted by Gasteiger charge is -2.12. The molecule has 0 amide bonds. The van der Waals surface area contributed by atoms with E-state index in [0.717, 1.165) is 18.3 Å². The molecule has 2 heterocycles. The van der Waals surface area contributed by atoms with Gasteiger partial charge in [-0.15, -0.1) is 0 Å². The highest BCUT2D eigenvalue weighted by Gasteiger charge is 2.17. The van der Waals surface area contributed by atoms with Gasteiger partial charge in [-0.1, -0.05) is 0 Å². The molecule has 5 nitrogen and oxygen atoms in total. The minimum atomic E-state index is -1.00. The number of ether oxygens (including phenoxy) is 2. The highest BCUT2D eigenvalue weighted by atomic mass is 19.2. The molecule has 1 aliphatic heterocycles. The van der Waals surface area contributed by atoms with Crippen LogP contribution in [0, 0.1) is 11.6 Å². The fourth-order valence-electron chi connectivity index (χ4n) is 2.20. The van der Waals surface area contributed by atoms with Crippen molar-refractivity contribution in [3.05, 3.63) is 40.3 Å². The van der Waals surface area contributed by atoms with E-state index in [2.05, 4.69) is 4.98 Å². The fraction of sp³-hybridized carbons (Fsp3) is 0.385. The summed E-state index contributed by atoms with van der Waals surface area (Å²) in [5.41, 5.74) is 0.157. The Balaban J connectivity index is 1.97. The normalized spacial score (nSPS) is 18.8. The zero-order valence-electron chi connectivity index (χ0n) is 10.5. The molecule has 7 heteroatoms. The van der Waals surface area contributed by atoms with Crippen molar-refractivity contribution in [3.8, 4) is 0 Å². The van der Waals surface area contributed by atoms with Crippen LogP contribution < -0.4 is 5.56 Å². The summed E-state index contributed by atoms with van der Waals surface area (Å²) in [4.78, 5) is 15.7. The van der Waals surface area contributed by atoms with E-state index in [4.69, 9.17) is 9.47 Å². The van der Waals surface area contributed by atoms with Crippen molar-refractivity contribution in [1.29, 1.82) is 0 Å². The van der Waals surface area contributed by atoms with Crippen LogP contribution in [0.1, 0.15) is 6.42 Å².